The molecule has 4 aromatic rings. The van der Waals surface area contributed by atoms with Crippen LogP contribution >= 0.6 is 22.7 Å². The molecular formula is C24H23N3O2S2. The molecule has 0 saturated carbocycles. The summed E-state index contributed by atoms with van der Waals surface area (Å²) in [6.07, 6.45) is 2.08. The first-order valence-corrected chi connectivity index (χ1v) is 12.1. The van der Waals surface area contributed by atoms with Gasteiger partial charge in [0, 0.05) is 30.0 Å². The lowest BCUT2D eigenvalue weighted by Gasteiger charge is -2.32. The van der Waals surface area contributed by atoms with Crippen molar-refractivity contribution >= 4 is 38.8 Å². The van der Waals surface area contributed by atoms with Crippen LogP contribution in [0.5, 0.6) is 5.75 Å². The van der Waals surface area contributed by atoms with Crippen LogP contribution in [0.3, 0.4) is 0 Å². The molecule has 2 aromatic carbocycles. The summed E-state index contributed by atoms with van der Waals surface area (Å²) in [6.45, 7) is 3.94. The van der Waals surface area contributed by atoms with Gasteiger partial charge < -0.3 is 9.64 Å². The summed E-state index contributed by atoms with van der Waals surface area (Å²) in [6, 6.07) is 15.7. The van der Waals surface area contributed by atoms with Gasteiger partial charge in [0.05, 0.1) is 25.9 Å². The van der Waals surface area contributed by atoms with Crippen molar-refractivity contribution in [2.75, 3.05) is 13.1 Å². The Kier molecular flexibility index (Phi) is 5.70. The number of amides is 1. The van der Waals surface area contributed by atoms with Gasteiger partial charge in [0.25, 0.3) is 5.91 Å². The van der Waals surface area contributed by atoms with Gasteiger partial charge in [-0.05, 0) is 56.2 Å². The fourth-order valence-electron chi connectivity index (χ4n) is 3.94. The van der Waals surface area contributed by atoms with Crippen molar-refractivity contribution < 1.29 is 9.53 Å². The number of benzene rings is 2. The molecule has 5 nitrogen and oxygen atoms in total. The number of piperidine rings is 1. The lowest BCUT2D eigenvalue weighted by molar-refractivity contribution is 0.0707. The zero-order chi connectivity index (χ0) is 21.2. The maximum absolute atomic E-state index is 13.1. The van der Waals surface area contributed by atoms with Gasteiger partial charge in [-0.1, -0.05) is 12.1 Å². The second-order valence-corrected chi connectivity index (χ2v) is 9.91. The molecule has 0 unspecified atom stereocenters. The van der Waals surface area contributed by atoms with E-state index in [1.807, 2.05) is 53.6 Å². The fraction of sp³-hybridized carbons (Fsp3) is 0.292. The van der Waals surface area contributed by atoms with Crippen LogP contribution in [0.15, 0.2) is 53.9 Å². The maximum Gasteiger partial charge on any atom is 0.253 e. The molecule has 0 radical (unpaired) electrons. The number of nitrogens with zero attached hydrogens (tertiary/aromatic N) is 3. The number of para-hydroxylation sites is 1. The van der Waals surface area contributed by atoms with Crippen LogP contribution in [0.4, 0.5) is 0 Å². The molecule has 0 aliphatic carbocycles. The Morgan fingerprint density at radius 2 is 2.00 bits per heavy atom. The SMILES string of the molecule is Cc1nc(COc2ccc(C(=O)N3CCC[C@@H](c4nc5ccccc5s4)C3)cc2)cs1. The first-order chi connectivity index (χ1) is 15.2. The zero-order valence-corrected chi connectivity index (χ0v) is 18.9. The number of likely N-dealkylation sites (tertiary alicyclic amines) is 1. The number of aryl methyl sites for hydroxylation is 1. The minimum atomic E-state index is 0.0764. The summed E-state index contributed by atoms with van der Waals surface area (Å²) < 4.78 is 7.01. The number of fused-ring (bicyclic) bond motifs is 1. The third-order valence-electron chi connectivity index (χ3n) is 5.52. The number of hydrogen-bond donors (Lipinski definition) is 0. The molecule has 1 aliphatic heterocycles. The predicted octanol–water partition coefficient (Wildman–Crippen LogP) is 5.66. The van der Waals surface area contributed by atoms with E-state index in [9.17, 15) is 4.79 Å². The van der Waals surface area contributed by atoms with Crippen molar-refractivity contribution in [3.8, 4) is 5.75 Å². The van der Waals surface area contributed by atoms with Crippen LogP contribution < -0.4 is 4.74 Å². The molecule has 1 aliphatic rings. The van der Waals surface area contributed by atoms with E-state index in [-0.39, 0.29) is 5.91 Å². The summed E-state index contributed by atoms with van der Waals surface area (Å²) in [5.41, 5.74) is 2.67. The Hall–Kier alpha value is -2.77. The highest BCUT2D eigenvalue weighted by atomic mass is 32.1. The highest BCUT2D eigenvalue weighted by Crippen LogP contribution is 2.33. The largest absolute Gasteiger partial charge is 0.487 e. The molecule has 0 spiro atoms. The van der Waals surface area contributed by atoms with Gasteiger partial charge in [-0.15, -0.1) is 22.7 Å². The number of hydrogen-bond acceptors (Lipinski definition) is 6. The average molecular weight is 450 g/mol. The summed E-state index contributed by atoms with van der Waals surface area (Å²) in [5, 5.41) is 4.18. The number of carbonyl (C=O) groups is 1. The molecule has 1 fully saturated rings. The van der Waals surface area contributed by atoms with Gasteiger partial charge in [0.2, 0.25) is 0 Å². The molecule has 158 valence electrons. The molecule has 7 heteroatoms. The summed E-state index contributed by atoms with van der Waals surface area (Å²) in [5.74, 6) is 1.12. The molecule has 5 rings (SSSR count). The minimum absolute atomic E-state index is 0.0764. The van der Waals surface area contributed by atoms with Crippen LogP contribution in [-0.4, -0.2) is 33.9 Å². The van der Waals surface area contributed by atoms with E-state index in [0.29, 0.717) is 18.1 Å². The van der Waals surface area contributed by atoms with E-state index in [2.05, 4.69) is 17.1 Å². The molecule has 2 aromatic heterocycles. The average Bonchev–Trinajstić information content (AvgIpc) is 3.43. The van der Waals surface area contributed by atoms with Crippen LogP contribution in [0, 0.1) is 6.92 Å². The third kappa shape index (κ3) is 4.48. The number of rotatable bonds is 5. The van der Waals surface area contributed by atoms with Crippen molar-refractivity contribution in [1.82, 2.24) is 14.9 Å². The summed E-state index contributed by atoms with van der Waals surface area (Å²) in [7, 11) is 0. The lowest BCUT2D eigenvalue weighted by atomic mass is 9.98. The molecule has 0 N–H and O–H groups in total. The molecular weight excluding hydrogens is 426 g/mol. The van der Waals surface area contributed by atoms with Crippen LogP contribution in [-0.2, 0) is 6.61 Å². The molecule has 1 atom stereocenters. The summed E-state index contributed by atoms with van der Waals surface area (Å²) in [4.78, 5) is 24.3. The van der Waals surface area contributed by atoms with Crippen molar-refractivity contribution in [2.45, 2.75) is 32.3 Å². The molecule has 0 bridgehead atoms. The molecule has 1 saturated heterocycles. The fourth-order valence-corrected chi connectivity index (χ4v) is 5.63. The van der Waals surface area contributed by atoms with Crippen molar-refractivity contribution in [3.05, 3.63) is 75.2 Å². The smallest absolute Gasteiger partial charge is 0.253 e. The van der Waals surface area contributed by atoms with Crippen LogP contribution in [0.2, 0.25) is 0 Å². The maximum atomic E-state index is 13.1. The molecule has 3 heterocycles. The second kappa shape index (κ2) is 8.77. The monoisotopic (exact) mass is 449 g/mol. The topological polar surface area (TPSA) is 55.3 Å². The molecule has 1 amide bonds. The number of thiazole rings is 2. The number of carbonyl (C=O) groups excluding carboxylic acids is 1. The highest BCUT2D eigenvalue weighted by Gasteiger charge is 2.27. The normalized spacial score (nSPS) is 16.5. The zero-order valence-electron chi connectivity index (χ0n) is 17.3. The summed E-state index contributed by atoms with van der Waals surface area (Å²) >= 11 is 3.37. The quantitative estimate of drug-likeness (QED) is 0.394. The predicted molar refractivity (Wildman–Crippen MR) is 125 cm³/mol. The van der Waals surface area contributed by atoms with E-state index >= 15 is 0 Å². The van der Waals surface area contributed by atoms with E-state index in [0.717, 1.165) is 52.9 Å². The van der Waals surface area contributed by atoms with Gasteiger partial charge in [0.15, 0.2) is 0 Å². The Balaban J connectivity index is 1.23. The first-order valence-electron chi connectivity index (χ1n) is 10.4. The number of ether oxygens (including phenoxy) is 1. The standard InChI is InChI=1S/C24H23N3O2S2/c1-16-25-19(15-30-16)14-29-20-10-8-17(9-11-20)24(28)27-12-4-5-18(13-27)23-26-21-6-2-3-7-22(21)31-23/h2-3,6-11,15,18H,4-5,12-14H2,1H3/t18-/m1/s1. The van der Waals surface area contributed by atoms with Gasteiger partial charge in [0.1, 0.15) is 12.4 Å². The van der Waals surface area contributed by atoms with Crippen molar-refractivity contribution in [3.63, 3.8) is 0 Å². The lowest BCUT2D eigenvalue weighted by Crippen LogP contribution is -2.39. The Morgan fingerprint density at radius 3 is 2.77 bits per heavy atom. The van der Waals surface area contributed by atoms with Gasteiger partial charge in [-0.3, -0.25) is 4.79 Å². The van der Waals surface area contributed by atoms with Crippen molar-refractivity contribution in [2.24, 2.45) is 0 Å². The van der Waals surface area contributed by atoms with Crippen LogP contribution in [0.25, 0.3) is 10.2 Å². The minimum Gasteiger partial charge on any atom is -0.487 e. The van der Waals surface area contributed by atoms with E-state index in [1.54, 1.807) is 22.7 Å². The van der Waals surface area contributed by atoms with Gasteiger partial charge in [-0.2, -0.15) is 0 Å². The molecule has 31 heavy (non-hydrogen) atoms. The van der Waals surface area contributed by atoms with E-state index in [4.69, 9.17) is 9.72 Å². The number of aromatic nitrogens is 2. The second-order valence-electron chi connectivity index (χ2n) is 7.78. The highest BCUT2D eigenvalue weighted by molar-refractivity contribution is 7.18. The first kappa shape index (κ1) is 20.2. The van der Waals surface area contributed by atoms with Crippen molar-refractivity contribution in [1.29, 1.82) is 0 Å². The Morgan fingerprint density at radius 1 is 1.16 bits per heavy atom. The van der Waals surface area contributed by atoms with E-state index < -0.39 is 0 Å². The Labute approximate surface area is 189 Å². The van der Waals surface area contributed by atoms with Gasteiger partial charge >= 0.3 is 0 Å². The van der Waals surface area contributed by atoms with E-state index in [1.165, 1.54) is 4.70 Å². The van der Waals surface area contributed by atoms with Crippen LogP contribution in [0.1, 0.15) is 44.8 Å². The Bertz CT molecular complexity index is 1170. The third-order valence-corrected chi connectivity index (χ3v) is 7.54. The van der Waals surface area contributed by atoms with Gasteiger partial charge in [-0.25, -0.2) is 9.97 Å².